The second-order valence-electron chi connectivity index (χ2n) is 6.84. The van der Waals surface area contributed by atoms with E-state index in [-0.39, 0.29) is 12.0 Å². The van der Waals surface area contributed by atoms with Crippen LogP contribution >= 0.6 is 0 Å². The highest BCUT2D eigenvalue weighted by Crippen LogP contribution is 2.17. The fraction of sp³-hybridized carbons (Fsp3) is 0.429. The number of hydrogen-bond acceptors (Lipinski definition) is 6. The van der Waals surface area contributed by atoms with Gasteiger partial charge in [-0.15, -0.1) is 0 Å². The molecule has 2 aromatic rings. The van der Waals surface area contributed by atoms with E-state index in [1.165, 1.54) is 5.56 Å². The zero-order valence-electron chi connectivity index (χ0n) is 17.1. The van der Waals surface area contributed by atoms with Crippen molar-refractivity contribution >= 4 is 23.5 Å². The Kier molecular flexibility index (Phi) is 6.64. The van der Waals surface area contributed by atoms with Gasteiger partial charge in [-0.2, -0.15) is 0 Å². The summed E-state index contributed by atoms with van der Waals surface area (Å²) < 4.78 is 5.05. The van der Waals surface area contributed by atoms with Crippen molar-refractivity contribution in [3.63, 3.8) is 0 Å². The Labute approximate surface area is 170 Å². The summed E-state index contributed by atoms with van der Waals surface area (Å²) in [4.78, 5) is 37.0. The fourth-order valence-corrected chi connectivity index (χ4v) is 3.18. The molecule has 0 saturated carbocycles. The summed E-state index contributed by atoms with van der Waals surface area (Å²) in [5.41, 5.74) is 2.26. The molecule has 2 heterocycles. The molecule has 0 unspecified atom stereocenters. The quantitative estimate of drug-likeness (QED) is 0.835. The van der Waals surface area contributed by atoms with Crippen LogP contribution in [0.15, 0.2) is 30.3 Å². The SMILES string of the molecule is CCOC(=O)N1CCN(c2cc(C(=O)Nc3ccc(CC)cc3)nc(C)n2)CC1. The molecule has 1 fully saturated rings. The van der Waals surface area contributed by atoms with Crippen molar-refractivity contribution in [3.05, 3.63) is 47.4 Å². The van der Waals surface area contributed by atoms with Crippen LogP contribution in [0.5, 0.6) is 0 Å². The average molecular weight is 397 g/mol. The lowest BCUT2D eigenvalue weighted by molar-refractivity contribution is 0.102. The first-order chi connectivity index (χ1) is 14.0. The number of nitrogens with zero attached hydrogens (tertiary/aromatic N) is 4. The minimum absolute atomic E-state index is 0.272. The number of aromatic nitrogens is 2. The number of aryl methyl sites for hydroxylation is 2. The molecule has 8 heteroatoms. The Bertz CT molecular complexity index is 861. The number of rotatable bonds is 5. The third kappa shape index (κ3) is 5.22. The van der Waals surface area contributed by atoms with Gasteiger partial charge in [-0.1, -0.05) is 19.1 Å². The Balaban J connectivity index is 1.68. The van der Waals surface area contributed by atoms with Gasteiger partial charge in [0, 0.05) is 37.9 Å². The Morgan fingerprint density at radius 3 is 2.38 bits per heavy atom. The van der Waals surface area contributed by atoms with Crippen LogP contribution in [0.1, 0.15) is 35.7 Å². The summed E-state index contributed by atoms with van der Waals surface area (Å²) in [6, 6.07) is 9.47. The number of amides is 2. The van der Waals surface area contributed by atoms with Gasteiger partial charge in [0.15, 0.2) is 0 Å². The highest BCUT2D eigenvalue weighted by atomic mass is 16.6. The molecule has 1 N–H and O–H groups in total. The van der Waals surface area contributed by atoms with Crippen LogP contribution in [0.2, 0.25) is 0 Å². The van der Waals surface area contributed by atoms with Gasteiger partial charge >= 0.3 is 6.09 Å². The zero-order chi connectivity index (χ0) is 20.8. The topological polar surface area (TPSA) is 87.7 Å². The van der Waals surface area contributed by atoms with Crippen LogP contribution in [0.4, 0.5) is 16.3 Å². The van der Waals surface area contributed by atoms with E-state index in [9.17, 15) is 9.59 Å². The average Bonchev–Trinajstić information content (AvgIpc) is 2.74. The van der Waals surface area contributed by atoms with Crippen LogP contribution in [0.3, 0.4) is 0 Å². The van der Waals surface area contributed by atoms with Crippen LogP contribution in [-0.4, -0.2) is 59.7 Å². The first-order valence-corrected chi connectivity index (χ1v) is 9.92. The molecule has 0 spiro atoms. The Morgan fingerprint density at radius 2 is 1.76 bits per heavy atom. The number of carbonyl (C=O) groups excluding carboxylic acids is 2. The Morgan fingerprint density at radius 1 is 1.07 bits per heavy atom. The third-order valence-corrected chi connectivity index (χ3v) is 4.81. The molecule has 1 saturated heterocycles. The van der Waals surface area contributed by atoms with E-state index in [1.807, 2.05) is 24.3 Å². The van der Waals surface area contributed by atoms with E-state index in [0.29, 0.717) is 50.1 Å². The van der Waals surface area contributed by atoms with Crippen molar-refractivity contribution in [3.8, 4) is 0 Å². The van der Waals surface area contributed by atoms with Gasteiger partial charge in [-0.05, 0) is 38.0 Å². The second-order valence-corrected chi connectivity index (χ2v) is 6.84. The minimum Gasteiger partial charge on any atom is -0.450 e. The van der Waals surface area contributed by atoms with Crippen LogP contribution < -0.4 is 10.2 Å². The summed E-state index contributed by atoms with van der Waals surface area (Å²) in [5.74, 6) is 0.945. The number of carbonyl (C=O) groups is 2. The lowest BCUT2D eigenvalue weighted by Gasteiger charge is -2.34. The van der Waals surface area contributed by atoms with Gasteiger partial charge < -0.3 is 19.9 Å². The van der Waals surface area contributed by atoms with E-state index in [4.69, 9.17) is 4.74 Å². The summed E-state index contributed by atoms with van der Waals surface area (Å²) in [6.45, 7) is 8.35. The lowest BCUT2D eigenvalue weighted by Crippen LogP contribution is -2.49. The lowest BCUT2D eigenvalue weighted by atomic mass is 10.1. The summed E-state index contributed by atoms with van der Waals surface area (Å²) in [5, 5.41) is 2.89. The van der Waals surface area contributed by atoms with E-state index >= 15 is 0 Å². The predicted molar refractivity (Wildman–Crippen MR) is 111 cm³/mol. The Hall–Kier alpha value is -3.16. The molecule has 1 aliphatic heterocycles. The van der Waals surface area contributed by atoms with Crippen molar-refractivity contribution in [2.24, 2.45) is 0 Å². The van der Waals surface area contributed by atoms with Crippen molar-refractivity contribution in [1.29, 1.82) is 0 Å². The summed E-state index contributed by atoms with van der Waals surface area (Å²) in [7, 11) is 0. The predicted octanol–water partition coefficient (Wildman–Crippen LogP) is 2.88. The van der Waals surface area contributed by atoms with Crippen molar-refractivity contribution in [2.45, 2.75) is 27.2 Å². The maximum Gasteiger partial charge on any atom is 0.409 e. The van der Waals surface area contributed by atoms with Gasteiger partial charge in [-0.3, -0.25) is 4.79 Å². The van der Waals surface area contributed by atoms with Gasteiger partial charge in [0.05, 0.1) is 6.61 Å². The van der Waals surface area contributed by atoms with Crippen LogP contribution in [0.25, 0.3) is 0 Å². The van der Waals surface area contributed by atoms with E-state index in [0.717, 1.165) is 12.1 Å². The van der Waals surface area contributed by atoms with Crippen molar-refractivity contribution in [2.75, 3.05) is 43.0 Å². The smallest absolute Gasteiger partial charge is 0.409 e. The van der Waals surface area contributed by atoms with Gasteiger partial charge in [0.2, 0.25) is 0 Å². The van der Waals surface area contributed by atoms with Crippen molar-refractivity contribution < 1.29 is 14.3 Å². The number of anilines is 2. The van der Waals surface area contributed by atoms with Gasteiger partial charge in [0.25, 0.3) is 5.91 Å². The molecule has 1 aromatic carbocycles. The molecular weight excluding hydrogens is 370 g/mol. The molecule has 8 nitrogen and oxygen atoms in total. The first-order valence-electron chi connectivity index (χ1n) is 9.92. The number of nitrogens with one attached hydrogen (secondary N) is 1. The summed E-state index contributed by atoms with van der Waals surface area (Å²) in [6.07, 6.45) is 0.659. The zero-order valence-corrected chi connectivity index (χ0v) is 17.1. The molecule has 0 aliphatic carbocycles. The third-order valence-electron chi connectivity index (χ3n) is 4.81. The fourth-order valence-electron chi connectivity index (χ4n) is 3.18. The first kappa shape index (κ1) is 20.6. The normalized spacial score (nSPS) is 13.9. The monoisotopic (exact) mass is 397 g/mol. The molecule has 2 amide bonds. The molecule has 0 bridgehead atoms. The largest absolute Gasteiger partial charge is 0.450 e. The minimum atomic E-state index is -0.292. The van der Waals surface area contributed by atoms with E-state index < -0.39 is 0 Å². The standard InChI is InChI=1S/C21H27N5O3/c1-4-16-6-8-17(9-7-16)24-20(27)18-14-19(23-15(3)22-18)25-10-12-26(13-11-25)21(28)29-5-2/h6-9,14H,4-5,10-13H2,1-3H3,(H,24,27). The molecule has 0 radical (unpaired) electrons. The van der Waals surface area contributed by atoms with Crippen LogP contribution in [-0.2, 0) is 11.2 Å². The number of benzene rings is 1. The molecule has 1 aromatic heterocycles. The molecule has 1 aliphatic rings. The molecular formula is C21H27N5O3. The van der Waals surface area contributed by atoms with Crippen LogP contribution in [0, 0.1) is 6.92 Å². The maximum atomic E-state index is 12.7. The molecule has 3 rings (SSSR count). The maximum absolute atomic E-state index is 12.7. The number of ether oxygens (including phenoxy) is 1. The summed E-state index contributed by atoms with van der Waals surface area (Å²) >= 11 is 0. The molecule has 154 valence electrons. The highest BCUT2D eigenvalue weighted by Gasteiger charge is 2.23. The number of hydrogen-bond donors (Lipinski definition) is 1. The van der Waals surface area contributed by atoms with Gasteiger partial charge in [-0.25, -0.2) is 14.8 Å². The highest BCUT2D eigenvalue weighted by molar-refractivity contribution is 6.03. The molecule has 0 atom stereocenters. The van der Waals surface area contributed by atoms with Crippen molar-refractivity contribution in [1.82, 2.24) is 14.9 Å². The number of piperazine rings is 1. The second kappa shape index (κ2) is 9.36. The molecule has 29 heavy (non-hydrogen) atoms. The van der Waals surface area contributed by atoms with E-state index in [2.05, 4.69) is 27.1 Å². The van der Waals surface area contributed by atoms with Gasteiger partial charge in [0.1, 0.15) is 17.3 Å². The van der Waals surface area contributed by atoms with E-state index in [1.54, 1.807) is 24.8 Å².